The second kappa shape index (κ2) is 7.05. The van der Waals surface area contributed by atoms with E-state index in [1.54, 1.807) is 18.3 Å². The van der Waals surface area contributed by atoms with Gasteiger partial charge in [0.05, 0.1) is 11.3 Å². The van der Waals surface area contributed by atoms with Gasteiger partial charge in [-0.2, -0.15) is 0 Å². The van der Waals surface area contributed by atoms with Crippen LogP contribution in [-0.4, -0.2) is 29.4 Å². The Labute approximate surface area is 145 Å². The molecular formula is C18H19N3O2S. The zero-order valence-corrected chi connectivity index (χ0v) is 14.5. The summed E-state index contributed by atoms with van der Waals surface area (Å²) in [5, 5.41) is 3.64. The third kappa shape index (κ3) is 3.28. The Kier molecular flexibility index (Phi) is 4.85. The van der Waals surface area contributed by atoms with Gasteiger partial charge in [-0.05, 0) is 37.6 Å². The molecule has 24 heavy (non-hydrogen) atoms. The molecule has 1 aliphatic rings. The third-order valence-corrected chi connectivity index (χ3v) is 5.02. The number of benzene rings is 1. The minimum Gasteiger partial charge on any atom is -0.352 e. The van der Waals surface area contributed by atoms with Gasteiger partial charge in [0.1, 0.15) is 11.6 Å². The van der Waals surface area contributed by atoms with Gasteiger partial charge in [-0.15, -0.1) is 0 Å². The van der Waals surface area contributed by atoms with Crippen LogP contribution in [0.25, 0.3) is 0 Å². The van der Waals surface area contributed by atoms with Crippen LogP contribution in [0, 0.1) is 0 Å². The zero-order chi connectivity index (χ0) is 17.1. The second-order valence-corrected chi connectivity index (χ2v) is 6.72. The highest BCUT2D eigenvalue weighted by molar-refractivity contribution is 7.99. The van der Waals surface area contributed by atoms with E-state index in [4.69, 9.17) is 0 Å². The maximum absolute atomic E-state index is 13.0. The van der Waals surface area contributed by atoms with Gasteiger partial charge in [0.15, 0.2) is 0 Å². The third-order valence-electron chi connectivity index (χ3n) is 3.93. The number of fused-ring (bicyclic) bond motifs is 2. The second-order valence-electron chi connectivity index (χ2n) is 5.69. The first-order valence-corrected chi connectivity index (χ1v) is 8.75. The van der Waals surface area contributed by atoms with Crippen LogP contribution < -0.4 is 10.2 Å². The molecule has 0 fully saturated rings. The minimum atomic E-state index is -0.177. The molecule has 1 aromatic heterocycles. The zero-order valence-electron chi connectivity index (χ0n) is 13.7. The van der Waals surface area contributed by atoms with Crippen molar-refractivity contribution >= 4 is 29.3 Å². The van der Waals surface area contributed by atoms with Crippen LogP contribution in [0.4, 0.5) is 5.69 Å². The van der Waals surface area contributed by atoms with Crippen LogP contribution in [0.15, 0.2) is 52.5 Å². The SMILES string of the molecule is CCC(C)NC(=O)CN1C(=O)c2ccccc2Sc2ncccc21. The Morgan fingerprint density at radius 3 is 2.88 bits per heavy atom. The standard InChI is InChI=1S/C18H19N3O2S/c1-3-12(2)20-16(22)11-21-14-8-6-10-19-17(14)24-15-9-5-4-7-13(15)18(21)23/h4-10,12H,3,11H2,1-2H3,(H,20,22). The molecule has 1 N–H and O–H groups in total. The van der Waals surface area contributed by atoms with Gasteiger partial charge in [-0.1, -0.05) is 30.8 Å². The average Bonchev–Trinajstić information content (AvgIpc) is 2.70. The number of nitrogens with one attached hydrogen (secondary N) is 1. The molecule has 0 spiro atoms. The van der Waals surface area contributed by atoms with Gasteiger partial charge < -0.3 is 5.32 Å². The van der Waals surface area contributed by atoms with Crippen molar-refractivity contribution in [2.75, 3.05) is 11.4 Å². The van der Waals surface area contributed by atoms with Crippen molar-refractivity contribution in [3.63, 3.8) is 0 Å². The number of carbonyl (C=O) groups excluding carboxylic acids is 2. The average molecular weight is 341 g/mol. The lowest BCUT2D eigenvalue weighted by Crippen LogP contribution is -2.43. The summed E-state index contributed by atoms with van der Waals surface area (Å²) in [5.41, 5.74) is 1.26. The van der Waals surface area contributed by atoms with Gasteiger partial charge in [-0.3, -0.25) is 14.5 Å². The smallest absolute Gasteiger partial charge is 0.259 e. The van der Waals surface area contributed by atoms with Crippen LogP contribution in [0.1, 0.15) is 30.6 Å². The summed E-state index contributed by atoms with van der Waals surface area (Å²) in [5.74, 6) is -0.346. The highest BCUT2D eigenvalue weighted by atomic mass is 32.2. The van der Waals surface area contributed by atoms with Crippen LogP contribution in [0.5, 0.6) is 0 Å². The van der Waals surface area contributed by atoms with Crippen molar-refractivity contribution in [3.8, 4) is 0 Å². The minimum absolute atomic E-state index is 0.0171. The summed E-state index contributed by atoms with van der Waals surface area (Å²) >= 11 is 1.45. The lowest BCUT2D eigenvalue weighted by molar-refractivity contribution is -0.120. The van der Waals surface area contributed by atoms with Crippen molar-refractivity contribution < 1.29 is 9.59 Å². The van der Waals surface area contributed by atoms with E-state index in [1.807, 2.05) is 38.1 Å². The summed E-state index contributed by atoms with van der Waals surface area (Å²) in [4.78, 5) is 32.1. The summed E-state index contributed by atoms with van der Waals surface area (Å²) in [6.45, 7) is 3.94. The van der Waals surface area contributed by atoms with Crippen molar-refractivity contribution in [3.05, 3.63) is 48.2 Å². The van der Waals surface area contributed by atoms with E-state index in [0.717, 1.165) is 16.3 Å². The molecule has 1 atom stereocenters. The number of aromatic nitrogens is 1. The molecule has 124 valence electrons. The fraction of sp³-hybridized carbons (Fsp3) is 0.278. The Bertz CT molecular complexity index is 778. The maximum Gasteiger partial charge on any atom is 0.259 e. The molecule has 2 aromatic rings. The monoisotopic (exact) mass is 341 g/mol. The summed E-state index contributed by atoms with van der Waals surface area (Å²) in [7, 11) is 0. The first-order chi connectivity index (χ1) is 11.6. The first kappa shape index (κ1) is 16.5. The number of pyridine rings is 1. The highest BCUT2D eigenvalue weighted by Crippen LogP contribution is 2.39. The van der Waals surface area contributed by atoms with Crippen molar-refractivity contribution in [2.45, 2.75) is 36.2 Å². The van der Waals surface area contributed by atoms with Gasteiger partial charge in [0.25, 0.3) is 5.91 Å². The highest BCUT2D eigenvalue weighted by Gasteiger charge is 2.29. The number of nitrogens with zero attached hydrogens (tertiary/aromatic N) is 2. The fourth-order valence-electron chi connectivity index (χ4n) is 2.48. The van der Waals surface area contributed by atoms with E-state index < -0.39 is 0 Å². The Morgan fingerprint density at radius 2 is 2.08 bits per heavy atom. The van der Waals surface area contributed by atoms with Crippen LogP contribution >= 0.6 is 11.8 Å². The normalized spacial score (nSPS) is 14.4. The van der Waals surface area contributed by atoms with Crippen LogP contribution in [0.3, 0.4) is 0 Å². The van der Waals surface area contributed by atoms with Crippen LogP contribution in [-0.2, 0) is 4.79 Å². The molecule has 2 heterocycles. The van der Waals surface area contributed by atoms with Gasteiger partial charge in [-0.25, -0.2) is 4.98 Å². The van der Waals surface area contributed by atoms with E-state index in [1.165, 1.54) is 16.7 Å². The van der Waals surface area contributed by atoms with E-state index in [9.17, 15) is 9.59 Å². The number of rotatable bonds is 4. The largest absolute Gasteiger partial charge is 0.352 e. The number of hydrogen-bond donors (Lipinski definition) is 1. The van der Waals surface area contributed by atoms with Gasteiger partial charge in [0.2, 0.25) is 5.91 Å². The van der Waals surface area contributed by atoms with Gasteiger partial charge >= 0.3 is 0 Å². The molecule has 3 rings (SSSR count). The predicted octanol–water partition coefficient (Wildman–Crippen LogP) is 3.11. The molecular weight excluding hydrogens is 322 g/mol. The summed E-state index contributed by atoms with van der Waals surface area (Å²) in [6.07, 6.45) is 2.54. The fourth-order valence-corrected chi connectivity index (χ4v) is 3.50. The summed E-state index contributed by atoms with van der Waals surface area (Å²) in [6, 6.07) is 11.1. The van der Waals surface area contributed by atoms with Crippen molar-refractivity contribution in [2.24, 2.45) is 0 Å². The Morgan fingerprint density at radius 1 is 1.29 bits per heavy atom. The molecule has 1 aromatic carbocycles. The number of carbonyl (C=O) groups is 2. The van der Waals surface area contributed by atoms with E-state index in [0.29, 0.717) is 11.3 Å². The first-order valence-electron chi connectivity index (χ1n) is 7.93. The number of amides is 2. The number of hydrogen-bond acceptors (Lipinski definition) is 4. The quantitative estimate of drug-likeness (QED) is 0.928. The van der Waals surface area contributed by atoms with E-state index >= 15 is 0 Å². The van der Waals surface area contributed by atoms with Crippen molar-refractivity contribution in [1.82, 2.24) is 10.3 Å². The van der Waals surface area contributed by atoms with Crippen LogP contribution in [0.2, 0.25) is 0 Å². The number of anilines is 1. The topological polar surface area (TPSA) is 62.3 Å². The lowest BCUT2D eigenvalue weighted by atomic mass is 10.2. The molecule has 2 amide bonds. The molecule has 0 saturated heterocycles. The molecule has 5 nitrogen and oxygen atoms in total. The molecule has 0 aliphatic carbocycles. The van der Waals surface area contributed by atoms with E-state index in [-0.39, 0.29) is 24.4 Å². The predicted molar refractivity (Wildman–Crippen MR) is 94.4 cm³/mol. The van der Waals surface area contributed by atoms with Gasteiger partial charge in [0, 0.05) is 17.1 Å². The molecule has 6 heteroatoms. The molecule has 1 unspecified atom stereocenters. The molecule has 0 saturated carbocycles. The molecule has 1 aliphatic heterocycles. The lowest BCUT2D eigenvalue weighted by Gasteiger charge is -2.23. The van der Waals surface area contributed by atoms with Crippen molar-refractivity contribution in [1.29, 1.82) is 0 Å². The molecule has 0 bridgehead atoms. The van der Waals surface area contributed by atoms with E-state index in [2.05, 4.69) is 10.3 Å². The Hall–Kier alpha value is -2.34. The molecule has 0 radical (unpaired) electrons. The Balaban J connectivity index is 1.97. The maximum atomic E-state index is 13.0. The summed E-state index contributed by atoms with van der Waals surface area (Å²) < 4.78 is 0.